The van der Waals surface area contributed by atoms with Crippen molar-refractivity contribution in [1.29, 1.82) is 0 Å². The Kier molecular flexibility index (Phi) is 4.25. The number of fused-ring (bicyclic) bond motifs is 2. The summed E-state index contributed by atoms with van der Waals surface area (Å²) in [7, 11) is 0. The van der Waals surface area contributed by atoms with Gasteiger partial charge in [-0.15, -0.1) is 0 Å². The van der Waals surface area contributed by atoms with Crippen LogP contribution in [-0.2, 0) is 6.54 Å². The zero-order valence-electron chi connectivity index (χ0n) is 11.6. The Labute approximate surface area is 124 Å². The van der Waals surface area contributed by atoms with E-state index in [-0.39, 0.29) is 0 Å². The fourth-order valence-corrected chi connectivity index (χ4v) is 4.22. The molecule has 2 unspecified atom stereocenters. The minimum absolute atomic E-state index is 0.748. The summed E-state index contributed by atoms with van der Waals surface area (Å²) in [6, 6.07) is 11.0. The lowest BCUT2D eigenvalue weighted by Gasteiger charge is -2.39. The van der Waals surface area contributed by atoms with E-state index >= 15 is 0 Å². The molecule has 0 radical (unpaired) electrons. The van der Waals surface area contributed by atoms with E-state index in [2.05, 4.69) is 57.3 Å². The van der Waals surface area contributed by atoms with Crippen molar-refractivity contribution in [2.24, 2.45) is 0 Å². The van der Waals surface area contributed by atoms with Crippen LogP contribution in [0, 0.1) is 0 Å². The molecule has 3 heteroatoms. The normalized spacial score (nSPS) is 30.7. The average molecular weight is 323 g/mol. The van der Waals surface area contributed by atoms with Crippen LogP contribution in [-0.4, -0.2) is 29.6 Å². The van der Waals surface area contributed by atoms with Crippen molar-refractivity contribution in [2.75, 3.05) is 6.54 Å². The molecule has 2 saturated heterocycles. The number of piperidine rings is 1. The maximum atomic E-state index is 3.68. The van der Waals surface area contributed by atoms with Gasteiger partial charge in [0, 0.05) is 29.1 Å². The molecule has 2 aliphatic rings. The van der Waals surface area contributed by atoms with E-state index in [1.807, 2.05) is 0 Å². The lowest BCUT2D eigenvalue weighted by molar-refractivity contribution is 0.109. The van der Waals surface area contributed by atoms with Crippen molar-refractivity contribution in [1.82, 2.24) is 10.2 Å². The summed E-state index contributed by atoms with van der Waals surface area (Å²) in [6.07, 6.45) is 5.43. The molecule has 104 valence electrons. The Bertz CT molecular complexity index is 421. The van der Waals surface area contributed by atoms with Gasteiger partial charge in [-0.1, -0.05) is 41.1 Å². The molecule has 1 N–H and O–H groups in total. The number of hydrogen-bond donors (Lipinski definition) is 1. The van der Waals surface area contributed by atoms with E-state index < -0.39 is 0 Å². The second kappa shape index (κ2) is 5.94. The summed E-state index contributed by atoms with van der Waals surface area (Å²) < 4.78 is 1.25. The number of benzene rings is 1. The van der Waals surface area contributed by atoms with Crippen molar-refractivity contribution in [3.8, 4) is 0 Å². The van der Waals surface area contributed by atoms with Crippen LogP contribution in [0.15, 0.2) is 28.7 Å². The quantitative estimate of drug-likeness (QED) is 0.911. The molecular weight excluding hydrogens is 300 g/mol. The van der Waals surface area contributed by atoms with Crippen molar-refractivity contribution >= 4 is 15.9 Å². The van der Waals surface area contributed by atoms with Crippen LogP contribution in [0.4, 0.5) is 0 Å². The average Bonchev–Trinajstić information content (AvgIpc) is 2.64. The minimum atomic E-state index is 0.748. The van der Waals surface area contributed by atoms with E-state index in [0.29, 0.717) is 0 Å². The van der Waals surface area contributed by atoms with Gasteiger partial charge in [-0.05, 0) is 43.9 Å². The van der Waals surface area contributed by atoms with Crippen molar-refractivity contribution < 1.29 is 0 Å². The van der Waals surface area contributed by atoms with Crippen molar-refractivity contribution in [3.63, 3.8) is 0 Å². The highest BCUT2D eigenvalue weighted by atomic mass is 79.9. The van der Waals surface area contributed by atoms with E-state index in [0.717, 1.165) is 31.2 Å². The van der Waals surface area contributed by atoms with Crippen LogP contribution < -0.4 is 5.32 Å². The number of nitrogens with one attached hydrogen (secondary N) is 1. The molecule has 2 atom stereocenters. The summed E-state index contributed by atoms with van der Waals surface area (Å²) >= 11 is 3.68. The summed E-state index contributed by atoms with van der Waals surface area (Å²) in [4.78, 5) is 2.74. The Morgan fingerprint density at radius 1 is 1.21 bits per heavy atom. The maximum Gasteiger partial charge on any atom is 0.0250 e. The second-order valence-electron chi connectivity index (χ2n) is 5.87. The van der Waals surface area contributed by atoms with E-state index in [1.165, 1.54) is 35.7 Å². The van der Waals surface area contributed by atoms with Gasteiger partial charge < -0.3 is 5.32 Å². The predicted octanol–water partition coefficient (Wildman–Crippen LogP) is 3.55. The molecule has 0 aliphatic carbocycles. The van der Waals surface area contributed by atoms with Gasteiger partial charge in [0.1, 0.15) is 0 Å². The molecule has 2 aliphatic heterocycles. The molecule has 2 nitrogen and oxygen atoms in total. The molecule has 1 aromatic rings. The number of halogens is 1. The molecule has 3 rings (SSSR count). The summed E-state index contributed by atoms with van der Waals surface area (Å²) in [5, 5.41) is 3.65. The standard InChI is InChI=1S/C16H23BrN2/c1-2-18-13-9-14-7-8-15(10-13)19(14)11-12-5-3-4-6-16(12)17/h3-6,13-15,18H,2,7-11H2,1H3. The van der Waals surface area contributed by atoms with Gasteiger partial charge >= 0.3 is 0 Å². The summed E-state index contributed by atoms with van der Waals surface area (Å²) in [5.41, 5.74) is 1.43. The highest BCUT2D eigenvalue weighted by molar-refractivity contribution is 9.10. The third-order valence-corrected chi connectivity index (χ3v) is 5.46. The topological polar surface area (TPSA) is 15.3 Å². The zero-order chi connectivity index (χ0) is 13.2. The number of hydrogen-bond acceptors (Lipinski definition) is 2. The molecule has 2 heterocycles. The highest BCUT2D eigenvalue weighted by Gasteiger charge is 2.40. The fraction of sp³-hybridized carbons (Fsp3) is 0.625. The third kappa shape index (κ3) is 2.88. The Balaban J connectivity index is 1.69. The number of rotatable bonds is 4. The number of nitrogens with zero attached hydrogens (tertiary/aromatic N) is 1. The van der Waals surface area contributed by atoms with Gasteiger partial charge in [-0.2, -0.15) is 0 Å². The van der Waals surface area contributed by atoms with E-state index in [9.17, 15) is 0 Å². The zero-order valence-corrected chi connectivity index (χ0v) is 13.2. The van der Waals surface area contributed by atoms with Gasteiger partial charge in [-0.3, -0.25) is 4.90 Å². The van der Waals surface area contributed by atoms with Crippen molar-refractivity contribution in [2.45, 2.75) is 57.3 Å². The van der Waals surface area contributed by atoms with Crippen LogP contribution in [0.25, 0.3) is 0 Å². The monoisotopic (exact) mass is 322 g/mol. The first kappa shape index (κ1) is 13.6. The van der Waals surface area contributed by atoms with Gasteiger partial charge in [0.25, 0.3) is 0 Å². The minimum Gasteiger partial charge on any atom is -0.314 e. The highest BCUT2D eigenvalue weighted by Crippen LogP contribution is 2.37. The maximum absolute atomic E-state index is 3.68. The first-order valence-electron chi connectivity index (χ1n) is 7.50. The largest absolute Gasteiger partial charge is 0.314 e. The smallest absolute Gasteiger partial charge is 0.0250 e. The van der Waals surface area contributed by atoms with Gasteiger partial charge in [0.2, 0.25) is 0 Å². The summed E-state index contributed by atoms with van der Waals surface area (Å²) in [6.45, 7) is 4.43. The molecule has 19 heavy (non-hydrogen) atoms. The lowest BCUT2D eigenvalue weighted by Crippen LogP contribution is -2.48. The van der Waals surface area contributed by atoms with Gasteiger partial charge in [-0.25, -0.2) is 0 Å². The molecule has 2 fully saturated rings. The molecule has 0 aromatic heterocycles. The van der Waals surface area contributed by atoms with Crippen LogP contribution in [0.5, 0.6) is 0 Å². The SMILES string of the molecule is CCNC1CC2CCC(C1)N2Cc1ccccc1Br. The Morgan fingerprint density at radius 2 is 1.89 bits per heavy atom. The first-order chi connectivity index (χ1) is 9.28. The third-order valence-electron chi connectivity index (χ3n) is 4.69. The predicted molar refractivity (Wildman–Crippen MR) is 83.2 cm³/mol. The van der Waals surface area contributed by atoms with E-state index in [1.54, 1.807) is 0 Å². The molecule has 0 spiro atoms. The van der Waals surface area contributed by atoms with Crippen molar-refractivity contribution in [3.05, 3.63) is 34.3 Å². The summed E-state index contributed by atoms with van der Waals surface area (Å²) in [5.74, 6) is 0. The Morgan fingerprint density at radius 3 is 2.53 bits per heavy atom. The van der Waals surface area contributed by atoms with Crippen LogP contribution in [0.2, 0.25) is 0 Å². The van der Waals surface area contributed by atoms with Crippen LogP contribution in [0.1, 0.15) is 38.2 Å². The Hall–Kier alpha value is -0.380. The van der Waals surface area contributed by atoms with E-state index in [4.69, 9.17) is 0 Å². The first-order valence-corrected chi connectivity index (χ1v) is 8.29. The second-order valence-corrected chi connectivity index (χ2v) is 6.73. The molecule has 2 bridgehead atoms. The lowest BCUT2D eigenvalue weighted by atomic mass is 9.96. The van der Waals surface area contributed by atoms with Gasteiger partial charge in [0.15, 0.2) is 0 Å². The van der Waals surface area contributed by atoms with Gasteiger partial charge in [0.05, 0.1) is 0 Å². The van der Waals surface area contributed by atoms with Crippen LogP contribution in [0.3, 0.4) is 0 Å². The molecule has 1 aromatic carbocycles. The molecular formula is C16H23BrN2. The molecule has 0 saturated carbocycles. The molecule has 0 amide bonds. The fourth-order valence-electron chi connectivity index (χ4n) is 3.81. The van der Waals surface area contributed by atoms with Crippen LogP contribution >= 0.6 is 15.9 Å².